The number of likely N-dealkylation sites (N-methyl/N-ethyl adjacent to an activating group) is 1. The molecule has 0 radical (unpaired) electrons. The molecule has 1 amide bonds. The number of sulfone groups is 1. The lowest BCUT2D eigenvalue weighted by Crippen LogP contribution is -2.43. The van der Waals surface area contributed by atoms with Crippen LogP contribution in [-0.2, 0) is 14.6 Å². The summed E-state index contributed by atoms with van der Waals surface area (Å²) in [5.74, 6) is 0.710. The number of rotatable bonds is 5. The van der Waals surface area contributed by atoms with Crippen molar-refractivity contribution in [2.45, 2.75) is 26.3 Å². The summed E-state index contributed by atoms with van der Waals surface area (Å²) in [6.45, 7) is 4.27. The van der Waals surface area contributed by atoms with Crippen molar-refractivity contribution < 1.29 is 17.9 Å². The molecule has 21 heavy (non-hydrogen) atoms. The molecule has 1 heterocycles. The van der Waals surface area contributed by atoms with Crippen LogP contribution in [0.5, 0.6) is 5.75 Å². The van der Waals surface area contributed by atoms with Crippen molar-refractivity contribution in [1.82, 2.24) is 4.90 Å². The van der Waals surface area contributed by atoms with Crippen molar-refractivity contribution in [3.63, 3.8) is 0 Å². The molecular formula is C15H21NO4S. The zero-order valence-electron chi connectivity index (χ0n) is 12.4. The summed E-state index contributed by atoms with van der Waals surface area (Å²) >= 11 is 0. The van der Waals surface area contributed by atoms with Crippen molar-refractivity contribution in [3.05, 3.63) is 29.8 Å². The van der Waals surface area contributed by atoms with Gasteiger partial charge in [-0.25, -0.2) is 8.42 Å². The largest absolute Gasteiger partial charge is 0.484 e. The Labute approximate surface area is 125 Å². The van der Waals surface area contributed by atoms with Crippen molar-refractivity contribution >= 4 is 15.7 Å². The first-order valence-electron chi connectivity index (χ1n) is 7.10. The predicted molar refractivity (Wildman–Crippen MR) is 81.1 cm³/mol. The van der Waals surface area contributed by atoms with Gasteiger partial charge in [-0.15, -0.1) is 0 Å². The summed E-state index contributed by atoms with van der Waals surface area (Å²) in [7, 11) is -2.99. The first-order valence-corrected chi connectivity index (χ1v) is 8.93. The minimum absolute atomic E-state index is 0.0621. The Morgan fingerprint density at radius 3 is 2.52 bits per heavy atom. The van der Waals surface area contributed by atoms with Gasteiger partial charge in [0.05, 0.1) is 11.5 Å². The molecule has 116 valence electrons. The second-order valence-corrected chi connectivity index (χ2v) is 7.57. The number of nitrogens with zero attached hydrogens (tertiary/aromatic N) is 1. The van der Waals surface area contributed by atoms with Crippen molar-refractivity contribution in [2.24, 2.45) is 0 Å². The van der Waals surface area contributed by atoms with E-state index in [0.717, 1.165) is 5.56 Å². The molecule has 0 N–H and O–H groups in total. The van der Waals surface area contributed by atoms with E-state index in [1.54, 1.807) is 4.90 Å². The van der Waals surface area contributed by atoms with Crippen molar-refractivity contribution in [1.29, 1.82) is 0 Å². The molecule has 1 aliphatic heterocycles. The van der Waals surface area contributed by atoms with Gasteiger partial charge in [-0.05, 0) is 32.4 Å². The monoisotopic (exact) mass is 311 g/mol. The van der Waals surface area contributed by atoms with E-state index in [9.17, 15) is 13.2 Å². The van der Waals surface area contributed by atoms with E-state index in [2.05, 4.69) is 0 Å². The Kier molecular flexibility index (Phi) is 4.88. The SMILES string of the molecule is CCN(C(=O)COc1ccc(C)cc1)C1CCS(=O)(=O)C1. The Balaban J connectivity index is 1.93. The maximum atomic E-state index is 12.2. The highest BCUT2D eigenvalue weighted by Gasteiger charge is 2.33. The van der Waals surface area contributed by atoms with Crippen molar-refractivity contribution in [3.8, 4) is 5.75 Å². The fourth-order valence-electron chi connectivity index (χ4n) is 2.52. The second-order valence-electron chi connectivity index (χ2n) is 5.34. The molecule has 0 saturated carbocycles. The van der Waals surface area contributed by atoms with Crippen LogP contribution in [0.4, 0.5) is 0 Å². The minimum atomic E-state index is -2.99. The van der Waals surface area contributed by atoms with Crippen molar-refractivity contribution in [2.75, 3.05) is 24.7 Å². The smallest absolute Gasteiger partial charge is 0.260 e. The maximum absolute atomic E-state index is 12.2. The van der Waals surface area contributed by atoms with E-state index in [1.165, 1.54) is 0 Å². The van der Waals surface area contributed by atoms with E-state index < -0.39 is 9.84 Å². The zero-order valence-corrected chi connectivity index (χ0v) is 13.2. The number of hydrogen-bond donors (Lipinski definition) is 0. The normalized spacial score (nSPS) is 20.2. The Morgan fingerprint density at radius 2 is 2.00 bits per heavy atom. The number of hydrogen-bond acceptors (Lipinski definition) is 4. The summed E-state index contributed by atoms with van der Waals surface area (Å²) in [5, 5.41) is 0. The van der Waals surface area contributed by atoms with Crippen LogP contribution in [0.1, 0.15) is 18.9 Å². The molecule has 2 rings (SSSR count). The van der Waals surface area contributed by atoms with Crippen LogP contribution in [0, 0.1) is 6.92 Å². The van der Waals surface area contributed by atoms with E-state index in [0.29, 0.717) is 18.7 Å². The topological polar surface area (TPSA) is 63.7 Å². The van der Waals surface area contributed by atoms with Gasteiger partial charge in [0, 0.05) is 12.6 Å². The Morgan fingerprint density at radius 1 is 1.33 bits per heavy atom. The number of ether oxygens (including phenoxy) is 1. The van der Waals surface area contributed by atoms with E-state index in [-0.39, 0.29) is 30.1 Å². The summed E-state index contributed by atoms with van der Waals surface area (Å²) in [6.07, 6.45) is 0.520. The molecule has 1 aromatic rings. The molecular weight excluding hydrogens is 290 g/mol. The number of carbonyl (C=O) groups is 1. The summed E-state index contributed by atoms with van der Waals surface area (Å²) in [6, 6.07) is 7.26. The molecule has 1 atom stereocenters. The van der Waals surface area contributed by atoms with Gasteiger partial charge in [-0.2, -0.15) is 0 Å². The summed E-state index contributed by atoms with van der Waals surface area (Å²) in [5.41, 5.74) is 1.13. The molecule has 1 unspecified atom stereocenters. The highest BCUT2D eigenvalue weighted by Crippen LogP contribution is 2.18. The molecule has 0 aliphatic carbocycles. The van der Waals surface area contributed by atoms with Crippen LogP contribution < -0.4 is 4.74 Å². The maximum Gasteiger partial charge on any atom is 0.260 e. The first kappa shape index (κ1) is 15.8. The molecule has 0 aromatic heterocycles. The van der Waals surface area contributed by atoms with Gasteiger partial charge in [-0.3, -0.25) is 4.79 Å². The zero-order chi connectivity index (χ0) is 15.5. The number of aryl methyl sites for hydroxylation is 1. The molecule has 5 nitrogen and oxygen atoms in total. The average molecular weight is 311 g/mol. The van der Waals surface area contributed by atoms with Gasteiger partial charge >= 0.3 is 0 Å². The molecule has 1 aliphatic rings. The minimum Gasteiger partial charge on any atom is -0.484 e. The van der Waals surface area contributed by atoms with Gasteiger partial charge < -0.3 is 9.64 Å². The van der Waals surface area contributed by atoms with Gasteiger partial charge in [0.25, 0.3) is 5.91 Å². The molecule has 1 saturated heterocycles. The van der Waals surface area contributed by atoms with Crippen LogP contribution in [0.3, 0.4) is 0 Å². The number of amides is 1. The molecule has 0 bridgehead atoms. The number of benzene rings is 1. The quantitative estimate of drug-likeness (QED) is 0.825. The first-order chi connectivity index (χ1) is 9.91. The lowest BCUT2D eigenvalue weighted by Gasteiger charge is -2.26. The van der Waals surface area contributed by atoms with Gasteiger partial charge in [0.15, 0.2) is 16.4 Å². The molecule has 6 heteroatoms. The average Bonchev–Trinajstić information content (AvgIpc) is 2.79. The standard InChI is InChI=1S/C15H21NO4S/c1-3-16(13-8-9-21(18,19)11-13)15(17)10-20-14-6-4-12(2)5-7-14/h4-7,13H,3,8-11H2,1-2H3. The van der Waals surface area contributed by atoms with Crippen LogP contribution >= 0.6 is 0 Å². The van der Waals surface area contributed by atoms with E-state index in [1.807, 2.05) is 38.1 Å². The molecule has 1 aromatic carbocycles. The van der Waals surface area contributed by atoms with E-state index in [4.69, 9.17) is 4.74 Å². The molecule has 1 fully saturated rings. The van der Waals surface area contributed by atoms with Gasteiger partial charge in [0.1, 0.15) is 5.75 Å². The highest BCUT2D eigenvalue weighted by atomic mass is 32.2. The summed E-state index contributed by atoms with van der Waals surface area (Å²) < 4.78 is 28.5. The van der Waals surface area contributed by atoms with Gasteiger partial charge in [-0.1, -0.05) is 17.7 Å². The Bertz CT molecular complexity index is 595. The third-order valence-electron chi connectivity index (χ3n) is 3.69. The fourth-order valence-corrected chi connectivity index (χ4v) is 4.25. The van der Waals surface area contributed by atoms with Crippen LogP contribution in [0.25, 0.3) is 0 Å². The third-order valence-corrected chi connectivity index (χ3v) is 5.44. The van der Waals surface area contributed by atoms with E-state index >= 15 is 0 Å². The Hall–Kier alpha value is -1.56. The van der Waals surface area contributed by atoms with Crippen LogP contribution in [0.15, 0.2) is 24.3 Å². The van der Waals surface area contributed by atoms with Crippen LogP contribution in [0.2, 0.25) is 0 Å². The lowest BCUT2D eigenvalue weighted by atomic mass is 10.2. The third kappa shape index (κ3) is 4.20. The summed E-state index contributed by atoms with van der Waals surface area (Å²) in [4.78, 5) is 13.8. The van der Waals surface area contributed by atoms with Crippen LogP contribution in [-0.4, -0.2) is 49.9 Å². The predicted octanol–water partition coefficient (Wildman–Crippen LogP) is 1.41. The highest BCUT2D eigenvalue weighted by molar-refractivity contribution is 7.91. The lowest BCUT2D eigenvalue weighted by molar-refractivity contribution is -0.135. The second kappa shape index (κ2) is 6.47. The number of carbonyl (C=O) groups excluding carboxylic acids is 1. The molecule has 0 spiro atoms. The van der Waals surface area contributed by atoms with Gasteiger partial charge in [0.2, 0.25) is 0 Å². The fraction of sp³-hybridized carbons (Fsp3) is 0.533.